The lowest BCUT2D eigenvalue weighted by molar-refractivity contribution is 0.580. The first-order chi connectivity index (χ1) is 8.93. The third-order valence-electron chi connectivity index (χ3n) is 3.59. The fourth-order valence-electron chi connectivity index (χ4n) is 2.17. The smallest absolute Gasteiger partial charge is 0.153 e. The van der Waals surface area contributed by atoms with Gasteiger partial charge in [0.05, 0.1) is 17.2 Å². The van der Waals surface area contributed by atoms with Crippen LogP contribution in [-0.2, 0) is 9.84 Å². The summed E-state index contributed by atoms with van der Waals surface area (Å²) in [7, 11) is -1.11. The van der Waals surface area contributed by atoms with Crippen LogP contribution >= 0.6 is 0 Å². The Morgan fingerprint density at radius 3 is 2.47 bits per heavy atom. The normalized spacial score (nSPS) is 20.3. The van der Waals surface area contributed by atoms with Crippen molar-refractivity contribution in [2.24, 2.45) is 0 Å². The van der Waals surface area contributed by atoms with Gasteiger partial charge in [-0.25, -0.2) is 12.8 Å². The molecule has 2 rings (SSSR count). The molecule has 1 fully saturated rings. The average molecular weight is 286 g/mol. The Bertz CT molecular complexity index is 546. The van der Waals surface area contributed by atoms with Gasteiger partial charge in [-0.1, -0.05) is 6.07 Å². The predicted octanol–water partition coefficient (Wildman–Crippen LogP) is 1.34. The van der Waals surface area contributed by atoms with Crippen LogP contribution in [0.25, 0.3) is 0 Å². The van der Waals surface area contributed by atoms with Crippen molar-refractivity contribution in [2.45, 2.75) is 13.0 Å². The molecule has 0 aliphatic carbocycles. The topological polar surface area (TPSA) is 49.4 Å². The summed E-state index contributed by atoms with van der Waals surface area (Å²) in [6.07, 6.45) is 0. The second-order valence-electron chi connectivity index (χ2n) is 4.86. The minimum atomic E-state index is -2.94. The third kappa shape index (κ3) is 3.25. The first kappa shape index (κ1) is 14.3. The van der Waals surface area contributed by atoms with Crippen molar-refractivity contribution in [1.82, 2.24) is 5.32 Å². The SMILES string of the molecule is CNC(C)c1ccc(N2CCS(=O)(=O)CC2)c(F)c1. The minimum absolute atomic E-state index is 0.0882. The predicted molar refractivity (Wildman–Crippen MR) is 74.7 cm³/mol. The van der Waals surface area contributed by atoms with E-state index in [0.29, 0.717) is 18.8 Å². The lowest BCUT2D eigenvalue weighted by Crippen LogP contribution is -2.40. The summed E-state index contributed by atoms with van der Waals surface area (Å²) in [4.78, 5) is 1.80. The first-order valence-corrected chi connectivity index (χ1v) is 8.17. The lowest BCUT2D eigenvalue weighted by atomic mass is 10.1. The van der Waals surface area contributed by atoms with E-state index in [2.05, 4.69) is 5.32 Å². The van der Waals surface area contributed by atoms with Crippen LogP contribution in [0.3, 0.4) is 0 Å². The molecule has 1 aromatic rings. The van der Waals surface area contributed by atoms with Gasteiger partial charge in [0.1, 0.15) is 5.82 Å². The number of benzene rings is 1. The molecule has 0 amide bonds. The summed E-state index contributed by atoms with van der Waals surface area (Å²) < 4.78 is 36.8. The third-order valence-corrected chi connectivity index (χ3v) is 5.20. The summed E-state index contributed by atoms with van der Waals surface area (Å²) in [6, 6.07) is 5.21. The molecule has 0 bridgehead atoms. The highest BCUT2D eigenvalue weighted by Gasteiger charge is 2.23. The molecule has 1 unspecified atom stereocenters. The molecule has 1 heterocycles. The van der Waals surface area contributed by atoms with E-state index in [1.807, 2.05) is 20.0 Å². The Hall–Kier alpha value is -1.14. The van der Waals surface area contributed by atoms with Gasteiger partial charge in [-0.15, -0.1) is 0 Å². The minimum Gasteiger partial charge on any atom is -0.367 e. The molecule has 1 saturated heterocycles. The van der Waals surface area contributed by atoms with Gasteiger partial charge in [0.15, 0.2) is 9.84 Å². The van der Waals surface area contributed by atoms with Crippen LogP contribution < -0.4 is 10.2 Å². The van der Waals surface area contributed by atoms with Crippen LogP contribution in [-0.4, -0.2) is 40.1 Å². The molecule has 0 radical (unpaired) electrons. The fourth-order valence-corrected chi connectivity index (χ4v) is 3.37. The maximum absolute atomic E-state index is 14.1. The zero-order valence-corrected chi connectivity index (χ0v) is 12.0. The Labute approximate surface area is 113 Å². The number of rotatable bonds is 3. The maximum Gasteiger partial charge on any atom is 0.153 e. The van der Waals surface area contributed by atoms with Crippen LogP contribution in [0.15, 0.2) is 18.2 Å². The summed E-state index contributed by atoms with van der Waals surface area (Å²) in [5, 5.41) is 3.06. The number of nitrogens with zero attached hydrogens (tertiary/aromatic N) is 1. The molecule has 19 heavy (non-hydrogen) atoms. The number of sulfone groups is 1. The van der Waals surface area contributed by atoms with Crippen LogP contribution in [0.2, 0.25) is 0 Å². The largest absolute Gasteiger partial charge is 0.367 e. The molecular formula is C13H19FN2O2S. The van der Waals surface area contributed by atoms with Crippen molar-refractivity contribution >= 4 is 15.5 Å². The summed E-state index contributed by atoms with van der Waals surface area (Å²) >= 11 is 0. The van der Waals surface area contributed by atoms with Crippen molar-refractivity contribution in [2.75, 3.05) is 36.5 Å². The number of halogens is 1. The van der Waals surface area contributed by atoms with Gasteiger partial charge in [-0.3, -0.25) is 0 Å². The van der Waals surface area contributed by atoms with Crippen LogP contribution in [0.4, 0.5) is 10.1 Å². The molecule has 0 spiro atoms. The van der Waals surface area contributed by atoms with E-state index in [-0.39, 0.29) is 23.4 Å². The number of anilines is 1. The highest BCUT2D eigenvalue weighted by Crippen LogP contribution is 2.24. The van der Waals surface area contributed by atoms with Gasteiger partial charge >= 0.3 is 0 Å². The Kier molecular flexibility index (Phi) is 4.10. The summed E-state index contributed by atoms with van der Waals surface area (Å²) in [5.41, 5.74) is 1.37. The lowest BCUT2D eigenvalue weighted by Gasteiger charge is -2.29. The molecule has 1 aliphatic rings. The molecule has 106 valence electrons. The number of hydrogen-bond acceptors (Lipinski definition) is 4. The monoisotopic (exact) mass is 286 g/mol. The number of nitrogens with one attached hydrogen (secondary N) is 1. The van der Waals surface area contributed by atoms with Crippen molar-refractivity contribution in [3.63, 3.8) is 0 Å². The van der Waals surface area contributed by atoms with Crippen molar-refractivity contribution in [3.8, 4) is 0 Å². The molecule has 1 aromatic carbocycles. The van der Waals surface area contributed by atoms with E-state index >= 15 is 0 Å². The van der Waals surface area contributed by atoms with Gasteiger partial charge in [0.25, 0.3) is 0 Å². The molecule has 6 heteroatoms. The fraction of sp³-hybridized carbons (Fsp3) is 0.538. The highest BCUT2D eigenvalue weighted by atomic mass is 32.2. The van der Waals surface area contributed by atoms with Gasteiger partial charge in [-0.05, 0) is 31.7 Å². The number of hydrogen-bond donors (Lipinski definition) is 1. The molecule has 0 aromatic heterocycles. The van der Waals surface area contributed by atoms with Gasteiger partial charge in [-0.2, -0.15) is 0 Å². The van der Waals surface area contributed by atoms with Crippen molar-refractivity contribution < 1.29 is 12.8 Å². The second kappa shape index (κ2) is 5.46. The summed E-state index contributed by atoms with van der Waals surface area (Å²) in [5.74, 6) is -0.0960. The van der Waals surface area contributed by atoms with Crippen LogP contribution in [0.1, 0.15) is 18.5 Å². The quantitative estimate of drug-likeness (QED) is 0.911. The molecule has 0 saturated carbocycles. The molecule has 1 aliphatic heterocycles. The standard InChI is InChI=1S/C13H19FN2O2S/c1-10(15-2)11-3-4-13(12(14)9-11)16-5-7-19(17,18)8-6-16/h3-4,9-10,15H,5-8H2,1-2H3. The van der Waals surface area contributed by atoms with E-state index in [1.54, 1.807) is 11.0 Å². The molecular weight excluding hydrogens is 267 g/mol. The zero-order chi connectivity index (χ0) is 14.0. The average Bonchev–Trinajstić information content (AvgIpc) is 2.38. The highest BCUT2D eigenvalue weighted by molar-refractivity contribution is 7.91. The molecule has 4 nitrogen and oxygen atoms in total. The maximum atomic E-state index is 14.1. The van der Waals surface area contributed by atoms with E-state index in [4.69, 9.17) is 0 Å². The Morgan fingerprint density at radius 1 is 1.32 bits per heavy atom. The van der Waals surface area contributed by atoms with Gasteiger partial charge < -0.3 is 10.2 Å². The summed E-state index contributed by atoms with van der Waals surface area (Å²) in [6.45, 7) is 2.68. The van der Waals surface area contributed by atoms with Crippen LogP contribution in [0, 0.1) is 5.82 Å². The van der Waals surface area contributed by atoms with E-state index in [1.165, 1.54) is 6.07 Å². The Morgan fingerprint density at radius 2 is 1.95 bits per heavy atom. The van der Waals surface area contributed by atoms with Crippen LogP contribution in [0.5, 0.6) is 0 Å². The Balaban J connectivity index is 2.18. The first-order valence-electron chi connectivity index (χ1n) is 6.35. The van der Waals surface area contributed by atoms with Gasteiger partial charge in [0.2, 0.25) is 0 Å². The second-order valence-corrected chi connectivity index (χ2v) is 7.16. The van der Waals surface area contributed by atoms with E-state index in [9.17, 15) is 12.8 Å². The van der Waals surface area contributed by atoms with Crippen molar-refractivity contribution in [3.05, 3.63) is 29.6 Å². The molecule has 1 N–H and O–H groups in total. The zero-order valence-electron chi connectivity index (χ0n) is 11.2. The molecule has 1 atom stereocenters. The van der Waals surface area contributed by atoms with Crippen molar-refractivity contribution in [1.29, 1.82) is 0 Å². The van der Waals surface area contributed by atoms with E-state index in [0.717, 1.165) is 5.56 Å². The van der Waals surface area contributed by atoms with E-state index < -0.39 is 9.84 Å². The van der Waals surface area contributed by atoms with Gasteiger partial charge in [0, 0.05) is 19.1 Å².